The maximum Gasteiger partial charge on any atom is 0.289 e. The number of nitrogens with one attached hydrogen (secondary N) is 1. The third-order valence-electron chi connectivity index (χ3n) is 4.54. The number of carbonyl (C=O) groups is 2. The summed E-state index contributed by atoms with van der Waals surface area (Å²) < 4.78 is 5.17. The molecule has 0 bridgehead atoms. The summed E-state index contributed by atoms with van der Waals surface area (Å²) in [6.07, 6.45) is 5.00. The highest BCUT2D eigenvalue weighted by atomic mass is 32.2. The van der Waals surface area contributed by atoms with Crippen molar-refractivity contribution in [2.24, 2.45) is 0 Å². The van der Waals surface area contributed by atoms with Crippen LogP contribution in [0.4, 0.5) is 0 Å². The molecule has 2 amide bonds. The molecule has 132 valence electrons. The van der Waals surface area contributed by atoms with E-state index in [2.05, 4.69) is 5.32 Å². The fraction of sp³-hybridized carbons (Fsp3) is 0.368. The predicted molar refractivity (Wildman–Crippen MR) is 98.1 cm³/mol. The number of amides is 2. The van der Waals surface area contributed by atoms with Crippen molar-refractivity contribution in [2.75, 3.05) is 19.3 Å². The Labute approximate surface area is 151 Å². The second-order valence-corrected chi connectivity index (χ2v) is 7.08. The smallest absolute Gasteiger partial charge is 0.289 e. The maximum atomic E-state index is 12.6. The van der Waals surface area contributed by atoms with E-state index in [4.69, 9.17) is 4.42 Å². The largest absolute Gasteiger partial charge is 0.459 e. The zero-order valence-electron chi connectivity index (χ0n) is 14.5. The molecule has 1 N–H and O–H groups in total. The molecule has 0 atom stereocenters. The third kappa shape index (κ3) is 4.07. The Morgan fingerprint density at radius 3 is 2.64 bits per heavy atom. The summed E-state index contributed by atoms with van der Waals surface area (Å²) in [5, 5.41) is 3.11. The van der Waals surface area contributed by atoms with Crippen LogP contribution < -0.4 is 5.32 Å². The number of hydrogen-bond acceptors (Lipinski definition) is 4. The van der Waals surface area contributed by atoms with E-state index in [1.165, 1.54) is 6.26 Å². The topological polar surface area (TPSA) is 62.6 Å². The molecule has 1 fully saturated rings. The number of nitrogens with zero attached hydrogens (tertiary/aromatic N) is 1. The summed E-state index contributed by atoms with van der Waals surface area (Å²) in [7, 11) is 0. The summed E-state index contributed by atoms with van der Waals surface area (Å²) in [6.45, 7) is 3.19. The minimum absolute atomic E-state index is 0.0378. The van der Waals surface area contributed by atoms with Crippen molar-refractivity contribution in [3.8, 4) is 0 Å². The maximum absolute atomic E-state index is 12.6. The number of piperidine rings is 1. The van der Waals surface area contributed by atoms with Crippen LogP contribution in [0.2, 0.25) is 0 Å². The van der Waals surface area contributed by atoms with Gasteiger partial charge in [0.05, 0.1) is 6.26 Å². The normalized spacial score (nSPS) is 15.2. The minimum atomic E-state index is -0.0849. The van der Waals surface area contributed by atoms with Crippen LogP contribution in [0, 0.1) is 6.92 Å². The van der Waals surface area contributed by atoms with Crippen LogP contribution in [-0.4, -0.2) is 42.1 Å². The minimum Gasteiger partial charge on any atom is -0.459 e. The van der Waals surface area contributed by atoms with Crippen molar-refractivity contribution in [1.29, 1.82) is 0 Å². The molecule has 5 nitrogen and oxygen atoms in total. The molecule has 0 saturated carbocycles. The van der Waals surface area contributed by atoms with Crippen molar-refractivity contribution in [3.63, 3.8) is 0 Å². The molecular formula is C19H22N2O3S. The van der Waals surface area contributed by atoms with Crippen molar-refractivity contribution < 1.29 is 14.0 Å². The Bertz CT molecular complexity index is 750. The fourth-order valence-electron chi connectivity index (χ4n) is 3.02. The van der Waals surface area contributed by atoms with Gasteiger partial charge in [-0.2, -0.15) is 0 Å². The molecule has 0 unspecified atom stereocenters. The number of benzene rings is 1. The first-order valence-electron chi connectivity index (χ1n) is 8.37. The van der Waals surface area contributed by atoms with E-state index in [1.807, 2.05) is 31.4 Å². The van der Waals surface area contributed by atoms with Crippen LogP contribution in [0.15, 0.2) is 45.9 Å². The Balaban J connectivity index is 1.57. The molecule has 0 spiro atoms. The van der Waals surface area contributed by atoms with Gasteiger partial charge >= 0.3 is 0 Å². The van der Waals surface area contributed by atoms with E-state index >= 15 is 0 Å². The average Bonchev–Trinajstić information content (AvgIpc) is 3.17. The first-order valence-corrected chi connectivity index (χ1v) is 9.59. The lowest BCUT2D eigenvalue weighted by Crippen LogP contribution is -2.46. The number of furan rings is 1. The second-order valence-electron chi connectivity index (χ2n) is 6.20. The molecule has 2 heterocycles. The monoisotopic (exact) mass is 358 g/mol. The molecule has 25 heavy (non-hydrogen) atoms. The van der Waals surface area contributed by atoms with Crippen LogP contribution in [0.1, 0.15) is 39.3 Å². The van der Waals surface area contributed by atoms with Gasteiger partial charge in [0.15, 0.2) is 5.76 Å². The summed E-state index contributed by atoms with van der Waals surface area (Å²) in [5.41, 5.74) is 1.70. The third-order valence-corrected chi connectivity index (χ3v) is 5.26. The number of rotatable bonds is 4. The van der Waals surface area contributed by atoms with E-state index in [-0.39, 0.29) is 17.9 Å². The van der Waals surface area contributed by atoms with Crippen LogP contribution in [-0.2, 0) is 0 Å². The standard InChI is InChI=1S/C19H22N2O3S/c1-13-5-6-15(25-2)12-16(13)18(22)20-14-7-9-21(10-8-14)19(23)17-4-3-11-24-17/h3-6,11-12,14H,7-10H2,1-2H3,(H,20,22). The molecule has 1 aliphatic heterocycles. The Kier molecular flexibility index (Phi) is 5.48. The highest BCUT2D eigenvalue weighted by Crippen LogP contribution is 2.20. The van der Waals surface area contributed by atoms with Gasteiger partial charge in [0.25, 0.3) is 11.8 Å². The Hall–Kier alpha value is -2.21. The molecule has 1 aromatic heterocycles. The van der Waals surface area contributed by atoms with Gasteiger partial charge in [-0.3, -0.25) is 9.59 Å². The quantitative estimate of drug-likeness (QED) is 0.852. The molecule has 1 saturated heterocycles. The SMILES string of the molecule is CSc1ccc(C)c(C(=O)NC2CCN(C(=O)c3ccco3)CC2)c1. The lowest BCUT2D eigenvalue weighted by Gasteiger charge is -2.32. The number of likely N-dealkylation sites (tertiary alicyclic amines) is 1. The molecular weight excluding hydrogens is 336 g/mol. The second kappa shape index (κ2) is 7.78. The van der Waals surface area contributed by atoms with Gasteiger partial charge in [-0.25, -0.2) is 0 Å². The Morgan fingerprint density at radius 2 is 2.00 bits per heavy atom. The fourth-order valence-corrected chi connectivity index (χ4v) is 3.46. The predicted octanol–water partition coefficient (Wildman–Crippen LogP) is 3.34. The van der Waals surface area contributed by atoms with Crippen LogP contribution >= 0.6 is 11.8 Å². The van der Waals surface area contributed by atoms with E-state index in [1.54, 1.807) is 28.8 Å². The van der Waals surface area contributed by atoms with Crippen molar-refractivity contribution >= 4 is 23.6 Å². The highest BCUT2D eigenvalue weighted by Gasteiger charge is 2.26. The van der Waals surface area contributed by atoms with Crippen molar-refractivity contribution in [1.82, 2.24) is 10.2 Å². The molecule has 0 radical (unpaired) electrons. The molecule has 3 rings (SSSR count). The first-order chi connectivity index (χ1) is 12.1. The number of carbonyl (C=O) groups excluding carboxylic acids is 2. The van der Waals surface area contributed by atoms with Gasteiger partial charge in [0, 0.05) is 29.6 Å². The van der Waals surface area contributed by atoms with Gasteiger partial charge in [0.2, 0.25) is 0 Å². The molecule has 2 aromatic rings. The number of aryl methyl sites for hydroxylation is 1. The molecule has 1 aromatic carbocycles. The zero-order chi connectivity index (χ0) is 17.8. The summed E-state index contributed by atoms with van der Waals surface area (Å²) in [4.78, 5) is 27.7. The van der Waals surface area contributed by atoms with Gasteiger partial charge in [-0.15, -0.1) is 11.8 Å². The van der Waals surface area contributed by atoms with Gasteiger partial charge in [-0.1, -0.05) is 6.07 Å². The average molecular weight is 358 g/mol. The van der Waals surface area contributed by atoms with Gasteiger partial charge in [0.1, 0.15) is 0 Å². The lowest BCUT2D eigenvalue weighted by atomic mass is 10.0. The number of thioether (sulfide) groups is 1. The van der Waals surface area contributed by atoms with Crippen molar-refractivity contribution in [2.45, 2.75) is 30.7 Å². The van der Waals surface area contributed by atoms with E-state index in [0.717, 1.165) is 28.9 Å². The van der Waals surface area contributed by atoms with Gasteiger partial charge < -0.3 is 14.6 Å². The summed E-state index contributed by atoms with van der Waals surface area (Å²) in [6, 6.07) is 9.42. The molecule has 1 aliphatic rings. The lowest BCUT2D eigenvalue weighted by molar-refractivity contribution is 0.0667. The van der Waals surface area contributed by atoms with E-state index < -0.39 is 0 Å². The first kappa shape index (κ1) is 17.6. The van der Waals surface area contributed by atoms with Crippen LogP contribution in [0.25, 0.3) is 0 Å². The molecule has 0 aliphatic carbocycles. The Morgan fingerprint density at radius 1 is 1.24 bits per heavy atom. The van der Waals surface area contributed by atoms with E-state index in [0.29, 0.717) is 18.8 Å². The van der Waals surface area contributed by atoms with Crippen molar-refractivity contribution in [3.05, 3.63) is 53.5 Å². The van der Waals surface area contributed by atoms with Gasteiger partial charge in [-0.05, 0) is 55.9 Å². The summed E-state index contributed by atoms with van der Waals surface area (Å²) in [5.74, 6) is 0.245. The highest BCUT2D eigenvalue weighted by molar-refractivity contribution is 7.98. The molecule has 6 heteroatoms. The van der Waals surface area contributed by atoms with Crippen LogP contribution in [0.3, 0.4) is 0 Å². The zero-order valence-corrected chi connectivity index (χ0v) is 15.3. The van der Waals surface area contributed by atoms with E-state index in [9.17, 15) is 9.59 Å². The number of hydrogen-bond donors (Lipinski definition) is 1. The van der Waals surface area contributed by atoms with Crippen LogP contribution in [0.5, 0.6) is 0 Å². The summed E-state index contributed by atoms with van der Waals surface area (Å²) >= 11 is 1.62.